The molecule has 0 saturated heterocycles. The van der Waals surface area contributed by atoms with E-state index in [9.17, 15) is 30.1 Å². The average Bonchev–Trinajstić information content (AvgIpc) is 2.87. The van der Waals surface area contributed by atoms with Crippen molar-refractivity contribution >= 4 is 29.1 Å². The van der Waals surface area contributed by atoms with Gasteiger partial charge in [0.1, 0.15) is 5.69 Å². The lowest BCUT2D eigenvalue weighted by atomic mass is 10.1. The summed E-state index contributed by atoms with van der Waals surface area (Å²) in [5.74, 6) is -2.40. The third kappa shape index (κ3) is 2.46. The number of rotatable bonds is 4. The number of non-ortho nitro benzene ring substituents is 1. The largest absolute Gasteiger partial charge is 0.502 e. The van der Waals surface area contributed by atoms with Crippen molar-refractivity contribution in [2.24, 2.45) is 0 Å². The Morgan fingerprint density at radius 1 is 1.19 bits per heavy atom. The van der Waals surface area contributed by atoms with Gasteiger partial charge in [0.25, 0.3) is 5.69 Å². The van der Waals surface area contributed by atoms with Gasteiger partial charge in [0, 0.05) is 6.07 Å². The molecule has 11 nitrogen and oxygen atoms in total. The summed E-state index contributed by atoms with van der Waals surface area (Å²) in [4.78, 5) is 30.6. The number of nitro benzene ring substituents is 2. The van der Waals surface area contributed by atoms with Crippen molar-refractivity contribution in [1.29, 1.82) is 0 Å². The molecule has 0 saturated carbocycles. The SMILES string of the molecule is O=C(O)c1nsnc1-c1cc([N+](=O)[O-])cc([N+](=O)[O-])c1O. The topological polar surface area (TPSA) is 170 Å². The van der Waals surface area contributed by atoms with Gasteiger partial charge in [-0.25, -0.2) is 4.79 Å². The van der Waals surface area contributed by atoms with Crippen LogP contribution < -0.4 is 0 Å². The van der Waals surface area contributed by atoms with Crippen LogP contribution in [0, 0.1) is 20.2 Å². The zero-order valence-electron chi connectivity index (χ0n) is 9.79. The summed E-state index contributed by atoms with van der Waals surface area (Å²) in [7, 11) is 0. The molecule has 0 bridgehead atoms. The van der Waals surface area contributed by atoms with E-state index in [1.165, 1.54) is 0 Å². The van der Waals surface area contributed by atoms with E-state index >= 15 is 0 Å². The molecule has 21 heavy (non-hydrogen) atoms. The highest BCUT2D eigenvalue weighted by Gasteiger charge is 2.28. The maximum atomic E-state index is 11.0. The van der Waals surface area contributed by atoms with E-state index in [1.54, 1.807) is 0 Å². The van der Waals surface area contributed by atoms with Crippen molar-refractivity contribution in [1.82, 2.24) is 8.75 Å². The van der Waals surface area contributed by atoms with Crippen LogP contribution in [-0.4, -0.2) is 34.8 Å². The number of phenols is 1. The van der Waals surface area contributed by atoms with Gasteiger partial charge in [-0.15, -0.1) is 0 Å². The minimum Gasteiger partial charge on any atom is -0.502 e. The number of phenolic OH excluding ortho intramolecular Hbond substituents is 1. The second-order valence-corrected chi connectivity index (χ2v) is 4.17. The summed E-state index contributed by atoms with van der Waals surface area (Å²) in [6.45, 7) is 0. The Morgan fingerprint density at radius 3 is 2.38 bits per heavy atom. The monoisotopic (exact) mass is 312 g/mol. The number of nitro groups is 2. The molecule has 2 N–H and O–H groups in total. The normalized spacial score (nSPS) is 10.3. The van der Waals surface area contributed by atoms with Crippen LogP contribution in [0.3, 0.4) is 0 Å². The van der Waals surface area contributed by atoms with Crippen molar-refractivity contribution in [3.8, 4) is 17.0 Å². The van der Waals surface area contributed by atoms with Gasteiger partial charge < -0.3 is 10.2 Å². The molecule has 1 aromatic carbocycles. The first-order valence-corrected chi connectivity index (χ1v) is 5.78. The van der Waals surface area contributed by atoms with E-state index in [-0.39, 0.29) is 5.69 Å². The summed E-state index contributed by atoms with van der Waals surface area (Å²) in [6, 6.07) is 1.37. The first kappa shape index (κ1) is 14.3. The summed E-state index contributed by atoms with van der Waals surface area (Å²) in [5.41, 5.74) is -2.99. The Morgan fingerprint density at radius 2 is 1.86 bits per heavy atom. The molecular formula is C9H4N4O7S. The van der Waals surface area contributed by atoms with Gasteiger partial charge in [-0.3, -0.25) is 20.2 Å². The molecule has 1 heterocycles. The Balaban J connectivity index is 2.78. The lowest BCUT2D eigenvalue weighted by Gasteiger charge is -2.03. The summed E-state index contributed by atoms with van der Waals surface area (Å²) < 4.78 is 7.08. The van der Waals surface area contributed by atoms with E-state index in [2.05, 4.69) is 8.75 Å². The van der Waals surface area contributed by atoms with Gasteiger partial charge in [-0.05, 0) is 0 Å². The Kier molecular flexibility index (Phi) is 3.45. The van der Waals surface area contributed by atoms with Crippen LogP contribution in [0.1, 0.15) is 10.5 Å². The fraction of sp³-hybridized carbons (Fsp3) is 0. The molecule has 2 rings (SSSR count). The van der Waals surface area contributed by atoms with Gasteiger partial charge in [0.05, 0.1) is 33.2 Å². The first-order chi connectivity index (χ1) is 9.82. The van der Waals surface area contributed by atoms with Crippen LogP contribution in [0.15, 0.2) is 12.1 Å². The van der Waals surface area contributed by atoms with Crippen molar-refractivity contribution in [3.63, 3.8) is 0 Å². The van der Waals surface area contributed by atoms with Crippen molar-refractivity contribution < 1.29 is 24.9 Å². The Bertz CT molecular complexity index is 771. The minimum absolute atomic E-state index is 0.378. The molecule has 2 aromatic rings. The zero-order valence-corrected chi connectivity index (χ0v) is 10.6. The highest BCUT2D eigenvalue weighted by atomic mass is 32.1. The summed E-state index contributed by atoms with van der Waals surface area (Å²) >= 11 is 0.495. The fourth-order valence-electron chi connectivity index (χ4n) is 1.54. The number of aromatic carboxylic acids is 1. The smallest absolute Gasteiger partial charge is 0.357 e. The first-order valence-electron chi connectivity index (χ1n) is 5.05. The number of aromatic hydroxyl groups is 1. The second-order valence-electron chi connectivity index (χ2n) is 3.64. The maximum absolute atomic E-state index is 11.0. The molecule has 108 valence electrons. The number of carbonyl (C=O) groups is 1. The molecule has 0 atom stereocenters. The predicted molar refractivity (Wildman–Crippen MR) is 67.3 cm³/mol. The highest BCUT2D eigenvalue weighted by Crippen LogP contribution is 2.40. The molecule has 12 heteroatoms. The molecular weight excluding hydrogens is 308 g/mol. The lowest BCUT2D eigenvalue weighted by Crippen LogP contribution is -2.01. The third-order valence-electron chi connectivity index (χ3n) is 2.43. The van der Waals surface area contributed by atoms with Gasteiger partial charge in [0.2, 0.25) is 5.75 Å². The highest BCUT2D eigenvalue weighted by molar-refractivity contribution is 6.99. The Labute approximate surface area is 118 Å². The van der Waals surface area contributed by atoms with E-state index in [0.717, 1.165) is 6.07 Å². The van der Waals surface area contributed by atoms with Crippen LogP contribution in [0.5, 0.6) is 5.75 Å². The number of nitrogens with zero attached hydrogens (tertiary/aromatic N) is 4. The standard InChI is InChI=1S/C9H4N4O7S/c14-8-4(6-7(9(15)16)11-21-10-6)1-3(12(17)18)2-5(8)13(19)20/h1-2,14H,(H,15,16). The van der Waals surface area contributed by atoms with E-state index in [4.69, 9.17) is 5.11 Å². The summed E-state index contributed by atoms with van der Waals surface area (Å²) in [6.07, 6.45) is 0. The molecule has 0 spiro atoms. The number of carboxylic acids is 1. The average molecular weight is 312 g/mol. The van der Waals surface area contributed by atoms with E-state index in [1.807, 2.05) is 0 Å². The van der Waals surface area contributed by atoms with Gasteiger partial charge in [0.15, 0.2) is 5.69 Å². The molecule has 0 aliphatic heterocycles. The van der Waals surface area contributed by atoms with Crippen molar-refractivity contribution in [2.75, 3.05) is 0 Å². The van der Waals surface area contributed by atoms with Gasteiger partial charge >= 0.3 is 11.7 Å². The quantitative estimate of drug-likeness (QED) is 0.625. The number of aromatic nitrogens is 2. The molecule has 0 unspecified atom stereocenters. The van der Waals surface area contributed by atoms with Gasteiger partial charge in [-0.1, -0.05) is 0 Å². The fourth-order valence-corrected chi connectivity index (χ4v) is 2.09. The number of hydrogen-bond donors (Lipinski definition) is 2. The zero-order chi connectivity index (χ0) is 15.7. The van der Waals surface area contributed by atoms with Crippen LogP contribution in [0.2, 0.25) is 0 Å². The van der Waals surface area contributed by atoms with Crippen LogP contribution in [0.4, 0.5) is 11.4 Å². The maximum Gasteiger partial charge on any atom is 0.357 e. The number of carboxylic acid groups (broad SMARTS) is 1. The van der Waals surface area contributed by atoms with Crippen LogP contribution in [-0.2, 0) is 0 Å². The Hall–Kier alpha value is -3.15. The van der Waals surface area contributed by atoms with E-state index < -0.39 is 44.2 Å². The van der Waals surface area contributed by atoms with Crippen LogP contribution in [0.25, 0.3) is 11.3 Å². The number of benzene rings is 1. The molecule has 0 aliphatic carbocycles. The molecule has 0 radical (unpaired) electrons. The predicted octanol–water partition coefficient (Wildman–Crippen LogP) is 1.43. The van der Waals surface area contributed by atoms with Crippen LogP contribution >= 0.6 is 11.7 Å². The third-order valence-corrected chi connectivity index (χ3v) is 2.96. The number of hydrogen-bond acceptors (Lipinski definition) is 9. The molecule has 0 amide bonds. The molecule has 1 aromatic heterocycles. The molecule has 0 fully saturated rings. The van der Waals surface area contributed by atoms with Crippen molar-refractivity contribution in [2.45, 2.75) is 0 Å². The van der Waals surface area contributed by atoms with Crippen molar-refractivity contribution in [3.05, 3.63) is 38.1 Å². The summed E-state index contributed by atoms with van der Waals surface area (Å²) in [5, 5.41) is 40.3. The lowest BCUT2D eigenvalue weighted by molar-refractivity contribution is -0.394. The van der Waals surface area contributed by atoms with E-state index in [0.29, 0.717) is 17.8 Å². The second kappa shape index (κ2) is 5.09. The minimum atomic E-state index is -1.48. The molecule has 0 aliphatic rings. The van der Waals surface area contributed by atoms with Gasteiger partial charge in [-0.2, -0.15) is 8.75 Å².